The van der Waals surface area contributed by atoms with E-state index in [1.54, 1.807) is 12.1 Å². The van der Waals surface area contributed by atoms with E-state index in [4.69, 9.17) is 23.2 Å². The molecule has 13 heteroatoms. The number of fused-ring (bicyclic) bond motifs is 1. The monoisotopic (exact) mass is 557 g/mol. The maximum absolute atomic E-state index is 13.8. The summed E-state index contributed by atoms with van der Waals surface area (Å²) in [6.45, 7) is -0.320. The molecule has 2 aromatic heterocycles. The van der Waals surface area contributed by atoms with E-state index in [1.165, 1.54) is 48.8 Å². The molecule has 2 N–H and O–H groups in total. The zero-order chi connectivity index (χ0) is 25.2. The van der Waals surface area contributed by atoms with Gasteiger partial charge in [0.25, 0.3) is 11.8 Å². The van der Waals surface area contributed by atoms with Gasteiger partial charge in [-0.05, 0) is 36.4 Å². The number of para-hydroxylation sites is 1. The Morgan fingerprint density at radius 3 is 2.31 bits per heavy atom. The topological polar surface area (TPSA) is 88.9 Å². The average molecular weight is 559 g/mol. The van der Waals surface area contributed by atoms with Crippen LogP contribution in [0.5, 0.6) is 0 Å². The maximum Gasteiger partial charge on any atom is 0.449 e. The minimum atomic E-state index is -4.78. The van der Waals surface area contributed by atoms with Crippen LogP contribution in [-0.2, 0) is 12.7 Å². The molecule has 0 spiro atoms. The molecule has 7 nitrogen and oxygen atoms in total. The molecule has 4 rings (SSSR count). The normalized spacial score (nSPS) is 11.1. The van der Waals surface area contributed by atoms with E-state index in [-0.39, 0.29) is 63.4 Å². The zero-order valence-corrected chi connectivity index (χ0v) is 20.5. The van der Waals surface area contributed by atoms with E-state index in [1.807, 2.05) is 0 Å². The van der Waals surface area contributed by atoms with Gasteiger partial charge in [0.2, 0.25) is 5.82 Å². The molecule has 0 radical (unpaired) electrons. The molecule has 0 saturated heterocycles. The Kier molecular flexibility index (Phi) is 8.44. The summed E-state index contributed by atoms with van der Waals surface area (Å²) in [6, 6.07) is 12.0. The maximum atomic E-state index is 13.8. The number of nitrogens with zero attached hydrogens (tertiary/aromatic N) is 3. The van der Waals surface area contributed by atoms with Crippen molar-refractivity contribution in [2.24, 2.45) is 0 Å². The second kappa shape index (κ2) is 11.2. The first-order chi connectivity index (χ1) is 16.7. The molecule has 0 unspecified atom stereocenters. The smallest absolute Gasteiger partial charge is 0.350 e. The number of hydrogen-bond acceptors (Lipinski definition) is 4. The van der Waals surface area contributed by atoms with Gasteiger partial charge in [-0.3, -0.25) is 14.6 Å². The second-order valence-corrected chi connectivity index (χ2v) is 8.12. The highest BCUT2D eigenvalue weighted by Gasteiger charge is 2.38. The lowest BCUT2D eigenvalue weighted by Gasteiger charge is -2.12. The van der Waals surface area contributed by atoms with Gasteiger partial charge in [-0.2, -0.15) is 13.2 Å². The number of alkyl halides is 3. The van der Waals surface area contributed by atoms with Gasteiger partial charge in [-0.1, -0.05) is 35.3 Å². The Morgan fingerprint density at radius 1 is 0.972 bits per heavy atom. The average Bonchev–Trinajstić information content (AvgIpc) is 3.20. The van der Waals surface area contributed by atoms with Crippen LogP contribution in [0.15, 0.2) is 60.9 Å². The third-order valence-electron chi connectivity index (χ3n) is 5.02. The summed E-state index contributed by atoms with van der Waals surface area (Å²) in [7, 11) is 0. The van der Waals surface area contributed by atoms with Crippen LogP contribution in [0, 0.1) is 0 Å². The Labute approximate surface area is 219 Å². The summed E-state index contributed by atoms with van der Waals surface area (Å²) in [4.78, 5) is 32.6. The van der Waals surface area contributed by atoms with Crippen molar-refractivity contribution in [3.63, 3.8) is 0 Å². The first-order valence-corrected chi connectivity index (χ1v) is 10.9. The van der Waals surface area contributed by atoms with Crippen molar-refractivity contribution in [2.75, 3.05) is 11.9 Å². The minimum absolute atomic E-state index is 0. The Morgan fingerprint density at radius 2 is 1.67 bits per heavy atom. The first kappa shape index (κ1) is 27.3. The van der Waals surface area contributed by atoms with Crippen LogP contribution in [-0.4, -0.2) is 32.9 Å². The number of nitrogens with one attached hydrogen (secondary N) is 2. The van der Waals surface area contributed by atoms with Crippen LogP contribution in [0.2, 0.25) is 10.0 Å². The van der Waals surface area contributed by atoms with Crippen molar-refractivity contribution in [3.05, 3.63) is 87.9 Å². The minimum Gasteiger partial charge on any atom is -0.350 e. The summed E-state index contributed by atoms with van der Waals surface area (Å²) in [5.41, 5.74) is 0.363. The van der Waals surface area contributed by atoms with Crippen molar-refractivity contribution < 1.29 is 22.8 Å². The largest absolute Gasteiger partial charge is 0.449 e. The van der Waals surface area contributed by atoms with Gasteiger partial charge in [-0.25, -0.2) is 4.98 Å². The second-order valence-electron chi connectivity index (χ2n) is 7.31. The van der Waals surface area contributed by atoms with Crippen molar-refractivity contribution in [3.8, 4) is 0 Å². The van der Waals surface area contributed by atoms with E-state index in [2.05, 4.69) is 20.6 Å². The molecule has 0 aliphatic rings. The number of aromatic nitrogens is 3. The number of carbonyl (C=O) groups is 2. The summed E-state index contributed by atoms with van der Waals surface area (Å²) < 4.78 is 42.3. The van der Waals surface area contributed by atoms with Crippen LogP contribution in [0.25, 0.3) is 11.0 Å². The third-order valence-corrected chi connectivity index (χ3v) is 5.65. The highest BCUT2D eigenvalue weighted by atomic mass is 35.5. The van der Waals surface area contributed by atoms with Crippen molar-refractivity contribution in [1.29, 1.82) is 0 Å². The molecule has 0 aliphatic carbocycles. The fraction of sp³-hybridized carbons (Fsp3) is 0.130. The van der Waals surface area contributed by atoms with Gasteiger partial charge in [-0.15, -0.1) is 12.4 Å². The Hall–Kier alpha value is -3.34. The number of imidazole rings is 1. The van der Waals surface area contributed by atoms with Crippen molar-refractivity contribution in [1.82, 2.24) is 19.9 Å². The number of halogens is 6. The van der Waals surface area contributed by atoms with Crippen molar-refractivity contribution >= 4 is 64.1 Å². The molecular weight excluding hydrogens is 542 g/mol. The Bertz CT molecular complexity index is 1390. The van der Waals surface area contributed by atoms with Gasteiger partial charge in [0.15, 0.2) is 0 Å². The Balaban J connectivity index is 0.00000361. The number of hydrogen-bond donors (Lipinski definition) is 2. The third kappa shape index (κ3) is 5.72. The number of carbonyl (C=O) groups excluding carboxylic acids is 2. The molecule has 4 aromatic rings. The van der Waals surface area contributed by atoms with E-state index < -0.39 is 23.8 Å². The standard InChI is InChI=1S/C23H16Cl2F3N5O2.ClH/c24-14-5-1-6-15(25)18(14)21(35)31-16-7-2-8-17-19(16)32-22(23(26,27)28)33(17)11-10-30-20(34)13-4-3-9-29-12-13;/h1-9,12H,10-11H2,(H,30,34)(H,31,35);1H. The molecule has 0 fully saturated rings. The molecule has 0 bridgehead atoms. The van der Waals surface area contributed by atoms with E-state index in [0.717, 1.165) is 4.57 Å². The summed E-state index contributed by atoms with van der Waals surface area (Å²) in [6.07, 6.45) is -1.93. The van der Waals surface area contributed by atoms with Crippen LogP contribution >= 0.6 is 35.6 Å². The predicted molar refractivity (Wildman–Crippen MR) is 133 cm³/mol. The van der Waals surface area contributed by atoms with Crippen molar-refractivity contribution in [2.45, 2.75) is 12.7 Å². The summed E-state index contributed by atoms with van der Waals surface area (Å²) >= 11 is 12.1. The quantitative estimate of drug-likeness (QED) is 0.310. The number of amides is 2. The van der Waals surface area contributed by atoms with Crippen LogP contribution in [0.1, 0.15) is 26.5 Å². The van der Waals surface area contributed by atoms with Gasteiger partial charge in [0, 0.05) is 25.5 Å². The van der Waals surface area contributed by atoms with E-state index in [9.17, 15) is 22.8 Å². The predicted octanol–water partition coefficient (Wildman–Crippen LogP) is 5.86. The lowest BCUT2D eigenvalue weighted by atomic mass is 10.2. The fourth-order valence-corrected chi connectivity index (χ4v) is 4.04. The molecule has 36 heavy (non-hydrogen) atoms. The van der Waals surface area contributed by atoms with Gasteiger partial charge in [0.05, 0.1) is 32.4 Å². The SMILES string of the molecule is Cl.O=C(NCCn1c(C(F)(F)F)nc2c(NC(=O)c3c(Cl)cccc3Cl)cccc21)c1cccnc1. The zero-order valence-electron chi connectivity index (χ0n) is 18.1. The molecule has 0 aliphatic heterocycles. The number of anilines is 1. The van der Waals surface area contributed by atoms with Gasteiger partial charge in [0.1, 0.15) is 5.52 Å². The molecule has 0 atom stereocenters. The van der Waals surface area contributed by atoms with E-state index in [0.29, 0.717) is 0 Å². The highest BCUT2D eigenvalue weighted by Crippen LogP contribution is 2.34. The highest BCUT2D eigenvalue weighted by molar-refractivity contribution is 6.40. The lowest BCUT2D eigenvalue weighted by molar-refractivity contribution is -0.146. The molecule has 188 valence electrons. The molecular formula is C23H17Cl3F3N5O2. The van der Waals surface area contributed by atoms with E-state index >= 15 is 0 Å². The summed E-state index contributed by atoms with van der Waals surface area (Å²) in [5.74, 6) is -2.33. The number of pyridine rings is 1. The molecule has 2 aromatic carbocycles. The fourth-order valence-electron chi connectivity index (χ4n) is 3.47. The first-order valence-electron chi connectivity index (χ1n) is 10.2. The number of rotatable bonds is 6. The molecule has 2 amide bonds. The van der Waals surface area contributed by atoms with Crippen LogP contribution < -0.4 is 10.6 Å². The van der Waals surface area contributed by atoms with Gasteiger partial charge < -0.3 is 15.2 Å². The molecule has 2 heterocycles. The molecule has 0 saturated carbocycles. The van der Waals surface area contributed by atoms with Crippen LogP contribution in [0.4, 0.5) is 18.9 Å². The summed E-state index contributed by atoms with van der Waals surface area (Å²) in [5, 5.41) is 5.29. The lowest BCUT2D eigenvalue weighted by Crippen LogP contribution is -2.28. The van der Waals surface area contributed by atoms with Crippen LogP contribution in [0.3, 0.4) is 0 Å². The van der Waals surface area contributed by atoms with Gasteiger partial charge >= 0.3 is 6.18 Å². The number of benzene rings is 2.